The van der Waals surface area contributed by atoms with Gasteiger partial charge in [-0.3, -0.25) is 9.59 Å². The number of esters is 2. The Labute approximate surface area is 141 Å². The van der Waals surface area contributed by atoms with Gasteiger partial charge in [0.1, 0.15) is 11.4 Å². The number of carbonyl (C=O) groups is 3. The van der Waals surface area contributed by atoms with Crippen LogP contribution >= 0.6 is 0 Å². The van der Waals surface area contributed by atoms with E-state index in [1.54, 1.807) is 0 Å². The zero-order chi connectivity index (χ0) is 18.1. The van der Waals surface area contributed by atoms with Gasteiger partial charge in [0.2, 0.25) is 12.7 Å². The summed E-state index contributed by atoms with van der Waals surface area (Å²) in [6.45, 7) is 4.23. The number of hydrogen-bond acceptors (Lipinski definition) is 7. The van der Waals surface area contributed by atoms with Crippen molar-refractivity contribution in [3.63, 3.8) is 0 Å². The summed E-state index contributed by atoms with van der Waals surface area (Å²) < 4.78 is 33.0. The van der Waals surface area contributed by atoms with Gasteiger partial charge in [0.05, 0.1) is 11.2 Å². The van der Waals surface area contributed by atoms with Gasteiger partial charge < -0.3 is 14.4 Å². The Morgan fingerprint density at radius 3 is 2.50 bits per heavy atom. The maximum absolute atomic E-state index is 12.4. The lowest BCUT2D eigenvalue weighted by molar-refractivity contribution is -0.175. The second kappa shape index (κ2) is 6.70. The Balaban J connectivity index is 1.92. The van der Waals surface area contributed by atoms with Crippen LogP contribution in [-0.2, 0) is 33.7 Å². The standard InChI is InChI=1S/C15H23NO7S/c1-4-5-6-7-12(18)22-9-23-14(19)13-15(2,3)24(20,21)11-8-10(17)16(11)13/h11,13H,4-9H2,1-3H3/t11-,13+/m1/s1. The second-order valence-electron chi connectivity index (χ2n) is 6.57. The highest BCUT2D eigenvalue weighted by atomic mass is 32.2. The van der Waals surface area contributed by atoms with Crippen LogP contribution in [0.2, 0.25) is 0 Å². The molecule has 2 aliphatic heterocycles. The van der Waals surface area contributed by atoms with Crippen LogP contribution in [0.3, 0.4) is 0 Å². The summed E-state index contributed by atoms with van der Waals surface area (Å²) in [5, 5.41) is -0.964. The second-order valence-corrected chi connectivity index (χ2v) is 9.25. The summed E-state index contributed by atoms with van der Waals surface area (Å²) in [6.07, 6.45) is 2.70. The van der Waals surface area contributed by atoms with Crippen molar-refractivity contribution in [2.24, 2.45) is 0 Å². The maximum atomic E-state index is 12.4. The molecule has 2 rings (SSSR count). The van der Waals surface area contributed by atoms with E-state index in [4.69, 9.17) is 9.47 Å². The maximum Gasteiger partial charge on any atom is 0.333 e. The summed E-state index contributed by atoms with van der Waals surface area (Å²) in [5.74, 6) is -1.75. The Hall–Kier alpha value is -1.64. The SMILES string of the molecule is CCCCCC(=O)OCOC(=O)[C@@H]1N2C(=O)C[C@H]2S(=O)(=O)C1(C)C. The van der Waals surface area contributed by atoms with Gasteiger partial charge in [-0.25, -0.2) is 13.2 Å². The first-order chi connectivity index (χ1) is 11.1. The van der Waals surface area contributed by atoms with Crippen LogP contribution in [0, 0.1) is 0 Å². The molecule has 0 radical (unpaired) electrons. The van der Waals surface area contributed by atoms with E-state index in [9.17, 15) is 22.8 Å². The monoisotopic (exact) mass is 361 g/mol. The van der Waals surface area contributed by atoms with Crippen LogP contribution in [0.4, 0.5) is 0 Å². The number of amides is 1. The molecule has 0 aromatic carbocycles. The number of β-lactam (4-membered cyclic amide) rings is 1. The average Bonchev–Trinajstić information content (AvgIpc) is 2.61. The van der Waals surface area contributed by atoms with E-state index in [0.717, 1.165) is 17.7 Å². The lowest BCUT2D eigenvalue weighted by Crippen LogP contribution is -2.57. The molecule has 24 heavy (non-hydrogen) atoms. The van der Waals surface area contributed by atoms with Crippen molar-refractivity contribution in [1.29, 1.82) is 0 Å². The van der Waals surface area contributed by atoms with Crippen molar-refractivity contribution in [1.82, 2.24) is 4.90 Å². The summed E-state index contributed by atoms with van der Waals surface area (Å²) in [6, 6.07) is -1.22. The first-order valence-electron chi connectivity index (χ1n) is 8.01. The summed E-state index contributed by atoms with van der Waals surface area (Å²) in [5.41, 5.74) is 0. The topological polar surface area (TPSA) is 107 Å². The molecule has 2 saturated heterocycles. The number of hydrogen-bond donors (Lipinski definition) is 0. The van der Waals surface area contributed by atoms with Crippen molar-refractivity contribution in [3.8, 4) is 0 Å². The fourth-order valence-corrected chi connectivity index (χ4v) is 5.16. The zero-order valence-electron chi connectivity index (χ0n) is 14.1. The molecule has 0 bridgehead atoms. The van der Waals surface area contributed by atoms with E-state index in [2.05, 4.69) is 0 Å². The third-order valence-electron chi connectivity index (χ3n) is 4.60. The predicted octanol–water partition coefficient (Wildman–Crippen LogP) is 0.745. The van der Waals surface area contributed by atoms with E-state index in [0.29, 0.717) is 6.42 Å². The number of ether oxygens (including phenoxy) is 2. The van der Waals surface area contributed by atoms with Crippen molar-refractivity contribution in [2.75, 3.05) is 6.79 Å². The van der Waals surface area contributed by atoms with Crippen LogP contribution in [0.25, 0.3) is 0 Å². The van der Waals surface area contributed by atoms with Gasteiger partial charge in [-0.15, -0.1) is 0 Å². The van der Waals surface area contributed by atoms with Crippen molar-refractivity contribution >= 4 is 27.7 Å². The predicted molar refractivity (Wildman–Crippen MR) is 83.2 cm³/mol. The fourth-order valence-electron chi connectivity index (χ4n) is 3.03. The molecule has 0 N–H and O–H groups in total. The van der Waals surface area contributed by atoms with Crippen molar-refractivity contribution < 1.29 is 32.3 Å². The molecule has 2 atom stereocenters. The molecule has 0 aliphatic carbocycles. The van der Waals surface area contributed by atoms with Crippen molar-refractivity contribution in [2.45, 2.75) is 69.0 Å². The Morgan fingerprint density at radius 2 is 1.92 bits per heavy atom. The molecule has 2 fully saturated rings. The lowest BCUT2D eigenvalue weighted by atomic mass is 9.98. The molecular weight excluding hydrogens is 338 g/mol. The van der Waals surface area contributed by atoms with Crippen molar-refractivity contribution in [3.05, 3.63) is 0 Å². The third kappa shape index (κ3) is 3.01. The van der Waals surface area contributed by atoms with E-state index < -0.39 is 50.6 Å². The Morgan fingerprint density at radius 1 is 1.25 bits per heavy atom. The lowest BCUT2D eigenvalue weighted by Gasteiger charge is -2.36. The highest BCUT2D eigenvalue weighted by Gasteiger charge is 2.68. The van der Waals surface area contributed by atoms with E-state index in [1.165, 1.54) is 13.8 Å². The van der Waals surface area contributed by atoms with Gasteiger partial charge in [0.25, 0.3) is 0 Å². The number of sulfone groups is 1. The molecule has 9 heteroatoms. The molecule has 136 valence electrons. The smallest absolute Gasteiger partial charge is 0.333 e. The number of nitrogens with zero attached hydrogens (tertiary/aromatic N) is 1. The van der Waals surface area contributed by atoms with Gasteiger partial charge in [-0.05, 0) is 20.3 Å². The number of fused-ring (bicyclic) bond motifs is 1. The van der Waals surface area contributed by atoms with Crippen LogP contribution in [0.1, 0.15) is 52.9 Å². The van der Waals surface area contributed by atoms with Crippen LogP contribution in [0.5, 0.6) is 0 Å². The minimum absolute atomic E-state index is 0.109. The van der Waals surface area contributed by atoms with Gasteiger partial charge in [0, 0.05) is 6.42 Å². The quantitative estimate of drug-likeness (QED) is 0.285. The molecule has 0 spiro atoms. The first-order valence-corrected chi connectivity index (χ1v) is 9.56. The minimum Gasteiger partial charge on any atom is -0.428 e. The molecule has 1 amide bonds. The third-order valence-corrected chi connectivity index (χ3v) is 7.40. The van der Waals surface area contributed by atoms with Gasteiger partial charge in [0.15, 0.2) is 9.84 Å². The minimum atomic E-state index is -3.65. The zero-order valence-corrected chi connectivity index (χ0v) is 14.9. The molecule has 2 heterocycles. The highest BCUT2D eigenvalue weighted by Crippen LogP contribution is 2.45. The normalized spacial score (nSPS) is 26.5. The average molecular weight is 361 g/mol. The van der Waals surface area contributed by atoms with Gasteiger partial charge in [-0.2, -0.15) is 0 Å². The first kappa shape index (κ1) is 18.7. The fraction of sp³-hybridized carbons (Fsp3) is 0.800. The van der Waals surface area contributed by atoms with Crippen LogP contribution < -0.4 is 0 Å². The summed E-state index contributed by atoms with van der Waals surface area (Å²) in [7, 11) is -3.65. The summed E-state index contributed by atoms with van der Waals surface area (Å²) in [4.78, 5) is 36.5. The van der Waals surface area contributed by atoms with E-state index in [-0.39, 0.29) is 12.8 Å². The van der Waals surface area contributed by atoms with E-state index in [1.807, 2.05) is 6.92 Å². The molecule has 0 aromatic rings. The number of carbonyl (C=O) groups excluding carboxylic acids is 3. The largest absolute Gasteiger partial charge is 0.428 e. The number of unbranched alkanes of at least 4 members (excludes halogenated alkanes) is 2. The molecular formula is C15H23NO7S. The van der Waals surface area contributed by atoms with Gasteiger partial charge in [-0.1, -0.05) is 19.8 Å². The summed E-state index contributed by atoms with van der Waals surface area (Å²) >= 11 is 0. The van der Waals surface area contributed by atoms with Crippen LogP contribution in [0.15, 0.2) is 0 Å². The molecule has 0 unspecified atom stereocenters. The molecule has 0 aromatic heterocycles. The van der Waals surface area contributed by atoms with E-state index >= 15 is 0 Å². The number of rotatable bonds is 7. The Kier molecular flexibility index (Phi) is 5.22. The van der Waals surface area contributed by atoms with Gasteiger partial charge >= 0.3 is 11.9 Å². The molecule has 8 nitrogen and oxygen atoms in total. The Bertz CT molecular complexity index is 640. The molecule has 2 aliphatic rings. The highest BCUT2D eigenvalue weighted by molar-refractivity contribution is 7.93. The molecule has 0 saturated carbocycles. The van der Waals surface area contributed by atoms with Crippen LogP contribution in [-0.4, -0.2) is 54.1 Å².